The molecule has 6 nitrogen and oxygen atoms in total. The van der Waals surface area contributed by atoms with Crippen LogP contribution in [-0.2, 0) is 4.79 Å². The molecule has 1 saturated carbocycles. The molecule has 1 atom stereocenters. The Kier molecular flexibility index (Phi) is 3.63. The van der Waals surface area contributed by atoms with Crippen LogP contribution in [0.15, 0.2) is 36.5 Å². The van der Waals surface area contributed by atoms with Crippen LogP contribution in [0.3, 0.4) is 0 Å². The number of carboxylic acids is 1. The average Bonchev–Trinajstić information content (AvgIpc) is 3.18. The van der Waals surface area contributed by atoms with Gasteiger partial charge in [-0.05, 0) is 43.7 Å². The van der Waals surface area contributed by atoms with E-state index in [2.05, 4.69) is 5.10 Å². The molecule has 1 saturated heterocycles. The molecule has 1 amide bonds. The smallest absolute Gasteiger partial charge is 0.307 e. The number of rotatable bonds is 3. The fraction of sp³-hybridized carbons (Fsp3) is 0.421. The zero-order valence-corrected chi connectivity index (χ0v) is 14.2. The molecule has 1 aromatic carbocycles. The summed E-state index contributed by atoms with van der Waals surface area (Å²) >= 11 is 0. The molecule has 1 spiro atoms. The summed E-state index contributed by atoms with van der Waals surface area (Å²) in [6.07, 6.45) is 4.10. The van der Waals surface area contributed by atoms with Gasteiger partial charge in [-0.2, -0.15) is 5.10 Å². The van der Waals surface area contributed by atoms with Crippen molar-refractivity contribution < 1.29 is 14.7 Å². The number of aryl methyl sites for hydroxylation is 1. The van der Waals surface area contributed by atoms with Crippen molar-refractivity contribution in [3.8, 4) is 5.69 Å². The molecule has 1 aromatic heterocycles. The molecule has 130 valence electrons. The summed E-state index contributed by atoms with van der Waals surface area (Å²) in [6.45, 7) is 3.09. The van der Waals surface area contributed by atoms with E-state index in [4.69, 9.17) is 0 Å². The van der Waals surface area contributed by atoms with Crippen LogP contribution >= 0.6 is 0 Å². The Morgan fingerprint density at radius 1 is 1.20 bits per heavy atom. The van der Waals surface area contributed by atoms with Crippen molar-refractivity contribution in [3.05, 3.63) is 47.8 Å². The van der Waals surface area contributed by atoms with Crippen molar-refractivity contribution in [3.63, 3.8) is 0 Å². The fourth-order valence-electron chi connectivity index (χ4n) is 3.96. The fourth-order valence-corrected chi connectivity index (χ4v) is 3.96. The second kappa shape index (κ2) is 5.72. The summed E-state index contributed by atoms with van der Waals surface area (Å²) in [5.41, 5.74) is 2.19. The lowest BCUT2D eigenvalue weighted by molar-refractivity contribution is -0.139. The minimum atomic E-state index is -0.695. The quantitative estimate of drug-likeness (QED) is 0.932. The number of nitrogens with zero attached hydrogens (tertiary/aromatic N) is 3. The Hall–Kier alpha value is -2.63. The number of hydrogen-bond donors (Lipinski definition) is 1. The first-order valence-electron chi connectivity index (χ1n) is 8.64. The Balaban J connectivity index is 1.47. The third kappa shape index (κ3) is 2.71. The first kappa shape index (κ1) is 15.9. The van der Waals surface area contributed by atoms with Crippen LogP contribution in [0.4, 0.5) is 0 Å². The average molecular weight is 339 g/mol. The minimum absolute atomic E-state index is 0.0120. The first-order chi connectivity index (χ1) is 12.0. The molecule has 2 heterocycles. The largest absolute Gasteiger partial charge is 0.481 e. The summed E-state index contributed by atoms with van der Waals surface area (Å²) in [7, 11) is 0. The number of hydrogen-bond acceptors (Lipinski definition) is 3. The topological polar surface area (TPSA) is 75.4 Å². The number of aliphatic carboxylic acids is 1. The predicted molar refractivity (Wildman–Crippen MR) is 91.6 cm³/mol. The van der Waals surface area contributed by atoms with Gasteiger partial charge in [0.05, 0.1) is 22.9 Å². The van der Waals surface area contributed by atoms with Gasteiger partial charge in [-0.3, -0.25) is 9.59 Å². The van der Waals surface area contributed by atoms with Gasteiger partial charge in [0.25, 0.3) is 5.91 Å². The third-order valence-electron chi connectivity index (χ3n) is 5.68. The number of carbonyl (C=O) groups is 2. The SMILES string of the molecule is Cc1nn(-c2ccccc2)cc1C(=O)N1CCC2(CC1)CC2C(=O)O. The van der Waals surface area contributed by atoms with Gasteiger partial charge in [0, 0.05) is 19.3 Å². The van der Waals surface area contributed by atoms with Crippen LogP contribution in [0.1, 0.15) is 35.3 Å². The van der Waals surface area contributed by atoms with E-state index in [0.29, 0.717) is 24.3 Å². The van der Waals surface area contributed by atoms with Crippen LogP contribution in [0, 0.1) is 18.3 Å². The molecule has 0 bridgehead atoms. The number of likely N-dealkylation sites (tertiary alicyclic amines) is 1. The van der Waals surface area contributed by atoms with Crippen LogP contribution < -0.4 is 0 Å². The molecule has 4 rings (SSSR count). The Morgan fingerprint density at radius 2 is 1.88 bits per heavy atom. The standard InChI is InChI=1S/C19H21N3O3/c1-13-15(12-22(20-13)14-5-3-2-4-6-14)17(23)21-9-7-19(8-10-21)11-16(19)18(24)25/h2-6,12,16H,7-11H2,1H3,(H,24,25). The van der Waals surface area contributed by atoms with Crippen molar-refractivity contribution in [2.45, 2.75) is 26.2 Å². The van der Waals surface area contributed by atoms with Gasteiger partial charge >= 0.3 is 5.97 Å². The maximum absolute atomic E-state index is 12.9. The lowest BCUT2D eigenvalue weighted by atomic mass is 9.90. The van der Waals surface area contributed by atoms with Crippen LogP contribution in [-0.4, -0.2) is 44.8 Å². The highest BCUT2D eigenvalue weighted by molar-refractivity contribution is 5.95. The summed E-state index contributed by atoms with van der Waals surface area (Å²) in [5, 5.41) is 13.6. The highest BCUT2D eigenvalue weighted by Crippen LogP contribution is 2.59. The van der Waals surface area contributed by atoms with E-state index in [0.717, 1.165) is 24.9 Å². The van der Waals surface area contributed by atoms with E-state index in [1.165, 1.54) is 0 Å². The monoisotopic (exact) mass is 339 g/mol. The number of amides is 1. The van der Waals surface area contributed by atoms with Gasteiger partial charge in [-0.25, -0.2) is 4.68 Å². The number of benzene rings is 1. The maximum Gasteiger partial charge on any atom is 0.307 e. The van der Waals surface area contributed by atoms with Gasteiger partial charge in [0.15, 0.2) is 0 Å². The zero-order chi connectivity index (χ0) is 17.6. The second-order valence-corrected chi connectivity index (χ2v) is 7.16. The molecule has 2 aromatic rings. The third-order valence-corrected chi connectivity index (χ3v) is 5.68. The van der Waals surface area contributed by atoms with Crippen LogP contribution in [0.5, 0.6) is 0 Å². The highest BCUT2D eigenvalue weighted by atomic mass is 16.4. The predicted octanol–water partition coefficient (Wildman–Crippen LogP) is 2.51. The van der Waals surface area contributed by atoms with Crippen LogP contribution in [0.25, 0.3) is 5.69 Å². The van der Waals surface area contributed by atoms with Crippen molar-refractivity contribution in [1.29, 1.82) is 0 Å². The van der Waals surface area contributed by atoms with E-state index >= 15 is 0 Å². The zero-order valence-electron chi connectivity index (χ0n) is 14.2. The molecular weight excluding hydrogens is 318 g/mol. The molecule has 0 radical (unpaired) electrons. The summed E-state index contributed by atoms with van der Waals surface area (Å²) in [4.78, 5) is 25.9. The van der Waals surface area contributed by atoms with E-state index < -0.39 is 5.97 Å². The Morgan fingerprint density at radius 3 is 2.48 bits per heavy atom. The summed E-state index contributed by atoms with van der Waals surface area (Å²) < 4.78 is 1.73. The van der Waals surface area contributed by atoms with Gasteiger partial charge < -0.3 is 10.0 Å². The van der Waals surface area contributed by atoms with E-state index in [1.54, 1.807) is 10.9 Å². The van der Waals surface area contributed by atoms with Crippen molar-refractivity contribution >= 4 is 11.9 Å². The molecule has 1 aliphatic heterocycles. The lowest BCUT2D eigenvalue weighted by Gasteiger charge is -2.32. The van der Waals surface area contributed by atoms with Crippen LogP contribution in [0.2, 0.25) is 0 Å². The van der Waals surface area contributed by atoms with E-state index in [9.17, 15) is 14.7 Å². The minimum Gasteiger partial charge on any atom is -0.481 e. The molecule has 1 aliphatic carbocycles. The molecule has 1 N–H and O–H groups in total. The molecule has 2 aliphatic rings. The number of carbonyl (C=O) groups excluding carboxylic acids is 1. The highest BCUT2D eigenvalue weighted by Gasteiger charge is 2.59. The number of carboxylic acid groups (broad SMARTS) is 1. The van der Waals surface area contributed by atoms with Crippen molar-refractivity contribution in [2.24, 2.45) is 11.3 Å². The van der Waals surface area contributed by atoms with Gasteiger partial charge in [-0.1, -0.05) is 18.2 Å². The first-order valence-corrected chi connectivity index (χ1v) is 8.64. The molecule has 2 fully saturated rings. The summed E-state index contributed by atoms with van der Waals surface area (Å²) in [6, 6.07) is 9.71. The van der Waals surface area contributed by atoms with E-state index in [-0.39, 0.29) is 17.2 Å². The van der Waals surface area contributed by atoms with Crippen molar-refractivity contribution in [2.75, 3.05) is 13.1 Å². The molecule has 6 heteroatoms. The number of piperidine rings is 1. The van der Waals surface area contributed by atoms with E-state index in [1.807, 2.05) is 42.2 Å². The molecule has 25 heavy (non-hydrogen) atoms. The van der Waals surface area contributed by atoms with Gasteiger partial charge in [-0.15, -0.1) is 0 Å². The van der Waals surface area contributed by atoms with Crippen molar-refractivity contribution in [1.82, 2.24) is 14.7 Å². The normalized spacial score (nSPS) is 21.3. The van der Waals surface area contributed by atoms with Gasteiger partial charge in [0.1, 0.15) is 0 Å². The Bertz CT molecular complexity index is 820. The summed E-state index contributed by atoms with van der Waals surface area (Å²) in [5.74, 6) is -0.922. The Labute approximate surface area is 146 Å². The number of aromatic nitrogens is 2. The number of para-hydroxylation sites is 1. The molecular formula is C19H21N3O3. The molecule has 1 unspecified atom stereocenters. The maximum atomic E-state index is 12.9. The lowest BCUT2D eigenvalue weighted by Crippen LogP contribution is -2.40. The van der Waals surface area contributed by atoms with Gasteiger partial charge in [0.2, 0.25) is 0 Å². The second-order valence-electron chi connectivity index (χ2n) is 7.16.